The lowest BCUT2D eigenvalue weighted by molar-refractivity contribution is 0.0880. The Hall–Kier alpha value is -2.37. The summed E-state index contributed by atoms with van der Waals surface area (Å²) >= 11 is 0. The maximum atomic E-state index is 11.4. The van der Waals surface area contributed by atoms with Gasteiger partial charge in [0.2, 0.25) is 0 Å². The molecular formula is C9H3NO5. The molecule has 0 unspecified atom stereocenters. The predicted molar refractivity (Wildman–Crippen MR) is 46.5 cm³/mol. The van der Waals surface area contributed by atoms with Crippen LogP contribution in [-0.4, -0.2) is 11.8 Å². The summed E-state index contributed by atoms with van der Waals surface area (Å²) in [6, 6.07) is 2.83. The maximum Gasteiger partial charge on any atom is 0.519 e. The van der Waals surface area contributed by atoms with Gasteiger partial charge in [0.1, 0.15) is 0 Å². The number of benzene rings is 1. The summed E-state index contributed by atoms with van der Waals surface area (Å²) in [5.41, 5.74) is 0.421. The summed E-state index contributed by atoms with van der Waals surface area (Å²) in [4.78, 5) is 33.4. The van der Waals surface area contributed by atoms with Crippen LogP contribution in [0.25, 0.3) is 11.2 Å². The molecule has 1 aromatic heterocycles. The van der Waals surface area contributed by atoms with Crippen molar-refractivity contribution in [2.45, 2.75) is 0 Å². The van der Waals surface area contributed by atoms with Crippen molar-refractivity contribution in [3.8, 4) is 0 Å². The molecular weight excluding hydrogens is 202 g/mol. The van der Waals surface area contributed by atoms with E-state index in [1.54, 1.807) is 0 Å². The number of nitrogens with one attached hydrogen (secondary N) is 1. The fraction of sp³-hybridized carbons (Fsp3) is 0. The Labute approximate surface area is 81.5 Å². The number of fused-ring (bicyclic) bond motifs is 3. The van der Waals surface area contributed by atoms with Gasteiger partial charge in [-0.2, -0.15) is 0 Å². The van der Waals surface area contributed by atoms with Crippen molar-refractivity contribution in [2.75, 3.05) is 0 Å². The molecule has 2 heterocycles. The number of carbonyl (C=O) groups is 2. The van der Waals surface area contributed by atoms with Crippen LogP contribution in [0.4, 0.5) is 0 Å². The molecule has 6 nitrogen and oxygen atoms in total. The van der Waals surface area contributed by atoms with Crippen LogP contribution >= 0.6 is 0 Å². The highest BCUT2D eigenvalue weighted by atomic mass is 16.6. The van der Waals surface area contributed by atoms with Crippen molar-refractivity contribution in [2.24, 2.45) is 0 Å². The smallest absolute Gasteiger partial charge is 0.391 e. The summed E-state index contributed by atoms with van der Waals surface area (Å²) in [7, 11) is 0. The van der Waals surface area contributed by atoms with E-state index in [0.29, 0.717) is 0 Å². The highest BCUT2D eigenvalue weighted by Crippen LogP contribution is 2.25. The summed E-state index contributed by atoms with van der Waals surface area (Å²) in [6.07, 6.45) is 0. The zero-order valence-corrected chi connectivity index (χ0v) is 7.20. The van der Waals surface area contributed by atoms with E-state index in [-0.39, 0.29) is 22.3 Å². The van der Waals surface area contributed by atoms with Gasteiger partial charge in [0.15, 0.2) is 11.2 Å². The quantitative estimate of drug-likeness (QED) is 0.623. The van der Waals surface area contributed by atoms with Gasteiger partial charge in [-0.05, 0) is 12.1 Å². The number of amides is 2. The van der Waals surface area contributed by atoms with Crippen LogP contribution in [0.2, 0.25) is 0 Å². The minimum atomic E-state index is -0.898. The normalized spacial score (nSPS) is 14.4. The molecule has 1 aliphatic rings. The minimum absolute atomic E-state index is 0.0147. The van der Waals surface area contributed by atoms with Crippen molar-refractivity contribution in [3.05, 3.63) is 33.9 Å². The lowest BCUT2D eigenvalue weighted by atomic mass is 10.1. The van der Waals surface area contributed by atoms with Gasteiger partial charge in [-0.3, -0.25) is 14.9 Å². The molecule has 0 fully saturated rings. The molecule has 6 heteroatoms. The summed E-state index contributed by atoms with van der Waals surface area (Å²) < 4.78 is 9.36. The van der Waals surface area contributed by atoms with E-state index in [9.17, 15) is 14.4 Å². The Morgan fingerprint density at radius 2 is 1.80 bits per heavy atom. The second kappa shape index (κ2) is 2.35. The predicted octanol–water partition coefficient (Wildman–Crippen LogP) is 0.270. The molecule has 1 N–H and O–H groups in total. The van der Waals surface area contributed by atoms with Gasteiger partial charge in [0.05, 0.1) is 11.1 Å². The van der Waals surface area contributed by atoms with Crippen molar-refractivity contribution >= 4 is 23.0 Å². The summed E-state index contributed by atoms with van der Waals surface area (Å²) in [6.45, 7) is 0. The maximum absolute atomic E-state index is 11.4. The molecule has 2 amide bonds. The van der Waals surface area contributed by atoms with Gasteiger partial charge in [0, 0.05) is 0 Å². The van der Waals surface area contributed by atoms with E-state index in [2.05, 4.69) is 9.73 Å². The Morgan fingerprint density at radius 1 is 1.00 bits per heavy atom. The van der Waals surface area contributed by atoms with Crippen molar-refractivity contribution < 1.29 is 18.4 Å². The van der Waals surface area contributed by atoms with E-state index < -0.39 is 17.6 Å². The van der Waals surface area contributed by atoms with Gasteiger partial charge < -0.3 is 8.83 Å². The lowest BCUT2D eigenvalue weighted by Crippen LogP contribution is -2.19. The Morgan fingerprint density at radius 3 is 2.60 bits per heavy atom. The monoisotopic (exact) mass is 205 g/mol. The molecule has 0 radical (unpaired) electrons. The van der Waals surface area contributed by atoms with E-state index in [4.69, 9.17) is 4.42 Å². The number of carbonyl (C=O) groups excluding carboxylic acids is 2. The third-order valence-electron chi connectivity index (χ3n) is 2.20. The van der Waals surface area contributed by atoms with Crippen molar-refractivity contribution in [1.82, 2.24) is 5.32 Å². The van der Waals surface area contributed by atoms with Gasteiger partial charge in [-0.1, -0.05) is 0 Å². The second-order valence-corrected chi connectivity index (χ2v) is 3.05. The second-order valence-electron chi connectivity index (χ2n) is 3.05. The summed E-state index contributed by atoms with van der Waals surface area (Å²) in [5, 5.41) is 2.10. The number of hydrogen-bond donors (Lipinski definition) is 1. The van der Waals surface area contributed by atoms with Gasteiger partial charge in [0.25, 0.3) is 11.8 Å². The minimum Gasteiger partial charge on any atom is -0.391 e. The average Bonchev–Trinajstić information content (AvgIpc) is 2.66. The molecule has 1 aliphatic heterocycles. The third-order valence-corrected chi connectivity index (χ3v) is 2.20. The van der Waals surface area contributed by atoms with Gasteiger partial charge in [-0.15, -0.1) is 0 Å². The fourth-order valence-electron chi connectivity index (χ4n) is 1.59. The Kier molecular flexibility index (Phi) is 1.25. The summed E-state index contributed by atoms with van der Waals surface area (Å²) in [5.74, 6) is -1.98. The van der Waals surface area contributed by atoms with Crippen LogP contribution in [0.15, 0.2) is 25.8 Å². The lowest BCUT2D eigenvalue weighted by Gasteiger charge is -1.91. The molecule has 0 bridgehead atoms. The largest absolute Gasteiger partial charge is 0.519 e. The number of imide groups is 1. The molecule has 15 heavy (non-hydrogen) atoms. The molecule has 74 valence electrons. The van der Waals surface area contributed by atoms with E-state index in [0.717, 1.165) is 0 Å². The van der Waals surface area contributed by atoms with Gasteiger partial charge in [-0.25, -0.2) is 4.79 Å². The highest BCUT2D eigenvalue weighted by Gasteiger charge is 2.31. The Bertz CT molecular complexity index is 663. The fourth-order valence-corrected chi connectivity index (χ4v) is 1.59. The molecule has 0 saturated carbocycles. The molecule has 0 atom stereocenters. The first-order valence-electron chi connectivity index (χ1n) is 4.09. The molecule has 0 saturated heterocycles. The number of hydrogen-bond acceptors (Lipinski definition) is 5. The standard InChI is InChI=1S/C9H3NO5/c11-7-3-1-2-4-6(15-9(13)14-4)5(3)8(12)10-7/h1-2H,(H,10,11,12). The van der Waals surface area contributed by atoms with Crippen LogP contribution in [0.5, 0.6) is 0 Å². The topological polar surface area (TPSA) is 89.5 Å². The van der Waals surface area contributed by atoms with Crippen LogP contribution < -0.4 is 11.1 Å². The first-order valence-corrected chi connectivity index (χ1v) is 4.09. The first-order chi connectivity index (χ1) is 7.16. The zero-order chi connectivity index (χ0) is 10.6. The molecule has 3 rings (SSSR count). The average molecular weight is 205 g/mol. The zero-order valence-electron chi connectivity index (χ0n) is 7.20. The molecule has 0 spiro atoms. The third kappa shape index (κ3) is 0.899. The van der Waals surface area contributed by atoms with Crippen LogP contribution in [0, 0.1) is 0 Å². The van der Waals surface area contributed by atoms with Crippen LogP contribution in [0.3, 0.4) is 0 Å². The van der Waals surface area contributed by atoms with E-state index in [1.807, 2.05) is 0 Å². The highest BCUT2D eigenvalue weighted by molar-refractivity contribution is 6.25. The number of rotatable bonds is 0. The van der Waals surface area contributed by atoms with Crippen molar-refractivity contribution in [3.63, 3.8) is 0 Å². The van der Waals surface area contributed by atoms with Crippen molar-refractivity contribution in [1.29, 1.82) is 0 Å². The van der Waals surface area contributed by atoms with Gasteiger partial charge >= 0.3 is 5.82 Å². The van der Waals surface area contributed by atoms with Crippen LogP contribution in [0.1, 0.15) is 20.7 Å². The van der Waals surface area contributed by atoms with Crippen LogP contribution in [-0.2, 0) is 0 Å². The molecule has 2 aromatic rings. The molecule has 1 aromatic carbocycles. The van der Waals surface area contributed by atoms with E-state index in [1.165, 1.54) is 12.1 Å². The van der Waals surface area contributed by atoms with E-state index >= 15 is 0 Å². The first kappa shape index (κ1) is 7.98. The molecule has 0 aliphatic carbocycles. The Balaban J connectivity index is 2.53. The SMILES string of the molecule is O=C1NC(=O)c2c1ccc1oc(=O)oc21.